The first kappa shape index (κ1) is 16.8. The van der Waals surface area contributed by atoms with Crippen LogP contribution in [0.2, 0.25) is 5.02 Å². The van der Waals surface area contributed by atoms with E-state index in [1.165, 1.54) is 18.2 Å². The summed E-state index contributed by atoms with van der Waals surface area (Å²) in [4.78, 5) is 11.8. The van der Waals surface area contributed by atoms with Crippen molar-refractivity contribution in [2.45, 2.75) is 25.5 Å². The maximum Gasteiger partial charge on any atom is 0.338 e. The molecule has 5 nitrogen and oxygen atoms in total. The minimum Gasteiger partial charge on any atom is -0.461 e. The van der Waals surface area contributed by atoms with Crippen LogP contribution in [0.15, 0.2) is 18.2 Å². The van der Waals surface area contributed by atoms with Crippen LogP contribution >= 0.6 is 11.6 Å². The van der Waals surface area contributed by atoms with E-state index in [2.05, 4.69) is 0 Å². The zero-order chi connectivity index (χ0) is 15.6. The molecule has 7 heteroatoms. The van der Waals surface area contributed by atoms with E-state index in [0.717, 1.165) is 0 Å². The Balaban J connectivity index is 2.65. The fraction of sp³-hybridized carbons (Fsp3) is 0.462. The van der Waals surface area contributed by atoms with E-state index in [1.54, 1.807) is 20.8 Å². The first-order chi connectivity index (χ1) is 9.03. The molecule has 1 rings (SSSR count). The van der Waals surface area contributed by atoms with Crippen LogP contribution < -0.4 is 5.73 Å². The Hall–Kier alpha value is -1.27. The quantitative estimate of drug-likeness (QED) is 0.679. The molecule has 0 aliphatic carbocycles. The average Bonchev–Trinajstić information content (AvgIpc) is 2.25. The number of sulfone groups is 1. The van der Waals surface area contributed by atoms with Gasteiger partial charge in [-0.1, -0.05) is 11.6 Å². The maximum atomic E-state index is 11.8. The van der Waals surface area contributed by atoms with Crippen molar-refractivity contribution in [2.24, 2.45) is 0 Å². The Labute approximate surface area is 124 Å². The van der Waals surface area contributed by atoms with Crippen molar-refractivity contribution in [3.8, 4) is 0 Å². The van der Waals surface area contributed by atoms with E-state index in [9.17, 15) is 13.2 Å². The minimum atomic E-state index is -3.32. The molecular formula is C13H18ClNO4S. The van der Waals surface area contributed by atoms with Crippen LogP contribution in [0.5, 0.6) is 0 Å². The van der Waals surface area contributed by atoms with Gasteiger partial charge < -0.3 is 10.5 Å². The lowest BCUT2D eigenvalue weighted by molar-refractivity contribution is 0.0529. The number of hydrogen-bond donors (Lipinski definition) is 1. The number of carbonyl (C=O) groups excluding carboxylic acids is 1. The van der Waals surface area contributed by atoms with Crippen molar-refractivity contribution in [1.82, 2.24) is 0 Å². The highest BCUT2D eigenvalue weighted by atomic mass is 35.5. The number of ether oxygens (including phenoxy) is 1. The van der Waals surface area contributed by atoms with Gasteiger partial charge in [0.25, 0.3) is 0 Å². The molecule has 1 aromatic rings. The number of nitrogens with two attached hydrogens (primary N) is 1. The van der Waals surface area contributed by atoms with Gasteiger partial charge in [-0.15, -0.1) is 0 Å². The second-order valence-electron chi connectivity index (χ2n) is 5.34. The molecule has 0 radical (unpaired) electrons. The zero-order valence-electron chi connectivity index (χ0n) is 11.6. The summed E-state index contributed by atoms with van der Waals surface area (Å²) in [6.07, 6.45) is 0. The molecule has 112 valence electrons. The van der Waals surface area contributed by atoms with Crippen molar-refractivity contribution in [2.75, 3.05) is 18.1 Å². The van der Waals surface area contributed by atoms with Crippen molar-refractivity contribution in [3.63, 3.8) is 0 Å². The van der Waals surface area contributed by atoms with E-state index in [1.807, 2.05) is 0 Å². The van der Waals surface area contributed by atoms with Crippen LogP contribution in [0, 0.1) is 0 Å². The third-order valence-electron chi connectivity index (χ3n) is 2.67. The summed E-state index contributed by atoms with van der Waals surface area (Å²) in [6.45, 7) is 4.59. The molecular weight excluding hydrogens is 302 g/mol. The number of hydrogen-bond acceptors (Lipinski definition) is 5. The smallest absolute Gasteiger partial charge is 0.338 e. The fourth-order valence-corrected chi connectivity index (χ4v) is 2.52. The first-order valence-electron chi connectivity index (χ1n) is 5.98. The molecule has 0 amide bonds. The third-order valence-corrected chi connectivity index (χ3v) is 5.46. The minimum absolute atomic E-state index is 0.197. The predicted molar refractivity (Wildman–Crippen MR) is 79.7 cm³/mol. The first-order valence-corrected chi connectivity index (χ1v) is 8.01. The Morgan fingerprint density at radius 2 is 1.90 bits per heavy atom. The topological polar surface area (TPSA) is 86.5 Å². The number of anilines is 1. The van der Waals surface area contributed by atoms with Gasteiger partial charge in [0.15, 0.2) is 9.84 Å². The van der Waals surface area contributed by atoms with Gasteiger partial charge >= 0.3 is 5.97 Å². The molecule has 0 heterocycles. The fourth-order valence-electron chi connectivity index (χ4n) is 1.36. The van der Waals surface area contributed by atoms with E-state index in [4.69, 9.17) is 22.1 Å². The number of esters is 1. The molecule has 0 aromatic heterocycles. The molecule has 0 saturated heterocycles. The van der Waals surface area contributed by atoms with Crippen LogP contribution in [0.3, 0.4) is 0 Å². The summed E-state index contributed by atoms with van der Waals surface area (Å²) < 4.78 is 27.8. The van der Waals surface area contributed by atoms with E-state index in [0.29, 0.717) is 10.7 Å². The normalized spacial score (nSPS) is 12.2. The lowest BCUT2D eigenvalue weighted by Gasteiger charge is -2.18. The molecule has 0 aliphatic rings. The van der Waals surface area contributed by atoms with Gasteiger partial charge in [0, 0.05) is 10.7 Å². The molecule has 0 saturated carbocycles. The molecule has 0 aliphatic heterocycles. The highest BCUT2D eigenvalue weighted by Gasteiger charge is 2.28. The average molecular weight is 320 g/mol. The van der Waals surface area contributed by atoms with Gasteiger partial charge in [0.05, 0.1) is 16.1 Å². The van der Waals surface area contributed by atoms with Gasteiger partial charge in [-0.05, 0) is 39.0 Å². The maximum absolute atomic E-state index is 11.8. The summed E-state index contributed by atoms with van der Waals surface area (Å²) >= 11 is 5.78. The Morgan fingerprint density at radius 1 is 1.30 bits per heavy atom. The molecule has 1 aromatic carbocycles. The highest BCUT2D eigenvalue weighted by Crippen LogP contribution is 2.18. The second-order valence-corrected chi connectivity index (χ2v) is 8.64. The molecule has 0 fully saturated rings. The molecule has 0 spiro atoms. The van der Waals surface area contributed by atoms with Gasteiger partial charge in [-0.2, -0.15) is 0 Å². The van der Waals surface area contributed by atoms with Crippen LogP contribution in [0.4, 0.5) is 5.69 Å². The van der Waals surface area contributed by atoms with Gasteiger partial charge in [0.1, 0.15) is 6.61 Å². The number of halogens is 1. The number of benzene rings is 1. The van der Waals surface area contributed by atoms with Gasteiger partial charge in [0.2, 0.25) is 0 Å². The highest BCUT2D eigenvalue weighted by molar-refractivity contribution is 7.92. The largest absolute Gasteiger partial charge is 0.461 e. The second kappa shape index (κ2) is 6.01. The van der Waals surface area contributed by atoms with Crippen LogP contribution in [-0.4, -0.2) is 31.5 Å². The number of rotatable bonds is 4. The van der Waals surface area contributed by atoms with Crippen molar-refractivity contribution < 1.29 is 17.9 Å². The summed E-state index contributed by atoms with van der Waals surface area (Å²) in [6, 6.07) is 4.34. The summed E-state index contributed by atoms with van der Waals surface area (Å²) in [7, 11) is -3.32. The predicted octanol–water partition coefficient (Wildman–Crippen LogP) is 2.29. The molecule has 2 N–H and O–H groups in total. The van der Waals surface area contributed by atoms with Crippen LogP contribution in [-0.2, 0) is 14.6 Å². The Kier molecular flexibility index (Phi) is 5.05. The molecule has 0 unspecified atom stereocenters. The third kappa shape index (κ3) is 4.38. The van der Waals surface area contributed by atoms with E-state index < -0.39 is 20.6 Å². The van der Waals surface area contributed by atoms with Gasteiger partial charge in [-0.3, -0.25) is 0 Å². The number of nitrogen functional groups attached to an aromatic ring is 1. The van der Waals surface area contributed by atoms with E-state index in [-0.39, 0.29) is 17.9 Å². The SMILES string of the molecule is CC(C)(C)S(=O)(=O)CCOC(=O)c1cc(N)cc(Cl)c1. The lowest BCUT2D eigenvalue weighted by Crippen LogP contribution is -2.32. The molecule has 20 heavy (non-hydrogen) atoms. The van der Waals surface area contributed by atoms with Crippen molar-refractivity contribution in [3.05, 3.63) is 28.8 Å². The Morgan fingerprint density at radius 3 is 2.40 bits per heavy atom. The monoisotopic (exact) mass is 319 g/mol. The van der Waals surface area contributed by atoms with Gasteiger partial charge in [-0.25, -0.2) is 13.2 Å². The summed E-state index contributed by atoms with van der Waals surface area (Å²) in [5.74, 6) is -0.874. The van der Waals surface area contributed by atoms with E-state index >= 15 is 0 Å². The van der Waals surface area contributed by atoms with Crippen molar-refractivity contribution >= 4 is 33.1 Å². The van der Waals surface area contributed by atoms with Crippen molar-refractivity contribution in [1.29, 1.82) is 0 Å². The lowest BCUT2D eigenvalue weighted by atomic mass is 10.2. The Bertz CT molecular complexity index is 585. The molecule has 0 atom stereocenters. The van der Waals surface area contributed by atoms with Crippen LogP contribution in [0.1, 0.15) is 31.1 Å². The number of carbonyl (C=O) groups is 1. The summed E-state index contributed by atoms with van der Waals surface area (Å²) in [5, 5.41) is 0.319. The zero-order valence-corrected chi connectivity index (χ0v) is 13.2. The van der Waals surface area contributed by atoms with Crippen LogP contribution in [0.25, 0.3) is 0 Å². The molecule has 0 bridgehead atoms. The standard InChI is InChI=1S/C13H18ClNO4S/c1-13(2,3)20(17,18)5-4-19-12(16)9-6-10(14)8-11(15)7-9/h6-8H,4-5,15H2,1-3H3. The summed E-state index contributed by atoms with van der Waals surface area (Å²) in [5.41, 5.74) is 6.10.